The summed E-state index contributed by atoms with van der Waals surface area (Å²) >= 11 is 1.44. The number of nitrogens with zero attached hydrogens (tertiary/aromatic N) is 6. The lowest BCUT2D eigenvalue weighted by Crippen LogP contribution is -2.02. The van der Waals surface area contributed by atoms with Crippen LogP contribution in [0.2, 0.25) is 0 Å². The summed E-state index contributed by atoms with van der Waals surface area (Å²) in [6, 6.07) is 8.85. The highest BCUT2D eigenvalue weighted by molar-refractivity contribution is 7.99. The van der Waals surface area contributed by atoms with Crippen LogP contribution in [0.25, 0.3) is 22.2 Å². The first-order valence-electron chi connectivity index (χ1n) is 8.71. The van der Waals surface area contributed by atoms with E-state index < -0.39 is 0 Å². The summed E-state index contributed by atoms with van der Waals surface area (Å²) in [4.78, 5) is 19.9. The van der Waals surface area contributed by atoms with Gasteiger partial charge in [0.2, 0.25) is 0 Å². The van der Waals surface area contributed by atoms with E-state index in [4.69, 9.17) is 0 Å². The van der Waals surface area contributed by atoms with Crippen LogP contribution in [-0.2, 0) is 6.54 Å². The van der Waals surface area contributed by atoms with Crippen molar-refractivity contribution in [2.45, 2.75) is 29.9 Å². The third kappa shape index (κ3) is 3.31. The number of rotatable bonds is 6. The largest absolute Gasteiger partial charge is 0.302 e. The molecule has 0 saturated heterocycles. The Morgan fingerprint density at radius 3 is 2.57 bits per heavy atom. The minimum absolute atomic E-state index is 0.0416. The van der Waals surface area contributed by atoms with Crippen molar-refractivity contribution in [1.29, 1.82) is 0 Å². The lowest BCUT2D eigenvalue weighted by molar-refractivity contribution is -0.383. The zero-order valence-electron chi connectivity index (χ0n) is 15.0. The number of nitro benzene ring substituents is 1. The molecule has 28 heavy (non-hydrogen) atoms. The molecule has 0 bridgehead atoms. The number of pyridine rings is 2. The van der Waals surface area contributed by atoms with Crippen molar-refractivity contribution in [3.05, 3.63) is 65.2 Å². The van der Waals surface area contributed by atoms with Gasteiger partial charge in [0, 0.05) is 53.2 Å². The van der Waals surface area contributed by atoms with Gasteiger partial charge in [0.1, 0.15) is 0 Å². The summed E-state index contributed by atoms with van der Waals surface area (Å²) in [6.45, 7) is 2.86. The van der Waals surface area contributed by atoms with E-state index in [1.807, 2.05) is 12.1 Å². The molecule has 0 spiro atoms. The van der Waals surface area contributed by atoms with Crippen LogP contribution in [0.5, 0.6) is 0 Å². The highest BCUT2D eigenvalue weighted by Gasteiger charge is 2.18. The van der Waals surface area contributed by atoms with Gasteiger partial charge in [0.05, 0.1) is 10.3 Å². The van der Waals surface area contributed by atoms with Crippen molar-refractivity contribution in [2.75, 3.05) is 0 Å². The van der Waals surface area contributed by atoms with E-state index in [1.54, 1.807) is 30.7 Å². The molecule has 3 aromatic heterocycles. The van der Waals surface area contributed by atoms with Gasteiger partial charge >= 0.3 is 0 Å². The molecule has 0 saturated carbocycles. The summed E-state index contributed by atoms with van der Waals surface area (Å²) < 4.78 is 2.06. The number of hydrogen-bond acceptors (Lipinski definition) is 7. The average molecular weight is 392 g/mol. The Balaban J connectivity index is 1.79. The van der Waals surface area contributed by atoms with E-state index >= 15 is 0 Å². The quantitative estimate of drug-likeness (QED) is 0.355. The van der Waals surface area contributed by atoms with Crippen molar-refractivity contribution in [3.8, 4) is 11.4 Å². The Kier molecular flexibility index (Phi) is 4.98. The van der Waals surface area contributed by atoms with Crippen LogP contribution in [0, 0.1) is 10.1 Å². The Morgan fingerprint density at radius 2 is 1.82 bits per heavy atom. The SMILES string of the molecule is CCCn1c(Sc2ccc([N+](=O)[O-])c3cnccc23)nnc1-c1ccncc1. The molecule has 0 aliphatic heterocycles. The zero-order valence-corrected chi connectivity index (χ0v) is 15.8. The molecule has 3 heterocycles. The maximum absolute atomic E-state index is 11.3. The summed E-state index contributed by atoms with van der Waals surface area (Å²) in [5, 5.41) is 22.1. The van der Waals surface area contributed by atoms with Crippen molar-refractivity contribution < 1.29 is 4.92 Å². The van der Waals surface area contributed by atoms with Gasteiger partial charge < -0.3 is 4.57 Å². The van der Waals surface area contributed by atoms with Gasteiger partial charge in [-0.2, -0.15) is 0 Å². The lowest BCUT2D eigenvalue weighted by atomic mass is 10.1. The number of aromatic nitrogens is 5. The molecule has 8 nitrogen and oxygen atoms in total. The molecule has 0 aliphatic rings. The molecule has 0 atom stereocenters. The topological polar surface area (TPSA) is 99.6 Å². The summed E-state index contributed by atoms with van der Waals surface area (Å²) in [5.74, 6) is 0.777. The summed E-state index contributed by atoms with van der Waals surface area (Å²) in [6.07, 6.45) is 7.54. The van der Waals surface area contributed by atoms with E-state index in [0.29, 0.717) is 5.39 Å². The maximum atomic E-state index is 11.3. The first-order valence-corrected chi connectivity index (χ1v) is 9.53. The van der Waals surface area contributed by atoms with E-state index in [9.17, 15) is 10.1 Å². The standard InChI is InChI=1S/C19H16N6O2S/c1-2-11-24-18(13-5-8-20-9-6-13)22-23-19(24)28-17-4-3-16(25(26)27)15-12-21-10-7-14(15)17/h3-10,12H,2,11H2,1H3. The molecule has 1 aromatic carbocycles. The normalized spacial score (nSPS) is 11.0. The highest BCUT2D eigenvalue weighted by Crippen LogP contribution is 2.37. The van der Waals surface area contributed by atoms with Crippen molar-refractivity contribution in [3.63, 3.8) is 0 Å². The predicted molar refractivity (Wildman–Crippen MR) is 106 cm³/mol. The van der Waals surface area contributed by atoms with E-state index in [-0.39, 0.29) is 10.6 Å². The van der Waals surface area contributed by atoms with Crippen LogP contribution >= 0.6 is 11.8 Å². The van der Waals surface area contributed by atoms with Crippen LogP contribution in [0.15, 0.2) is 65.2 Å². The van der Waals surface area contributed by atoms with E-state index in [0.717, 1.165) is 39.8 Å². The van der Waals surface area contributed by atoms with Crippen molar-refractivity contribution >= 4 is 28.2 Å². The molecule has 0 unspecified atom stereocenters. The molecule has 0 fully saturated rings. The number of nitro groups is 1. The van der Waals surface area contributed by atoms with Crippen LogP contribution in [-0.4, -0.2) is 29.7 Å². The molecule has 140 valence electrons. The molecule has 0 N–H and O–H groups in total. The molecular formula is C19H16N6O2S. The molecule has 4 aromatic rings. The fourth-order valence-electron chi connectivity index (χ4n) is 3.00. The first-order chi connectivity index (χ1) is 13.7. The van der Waals surface area contributed by atoms with Crippen LogP contribution in [0.4, 0.5) is 5.69 Å². The lowest BCUT2D eigenvalue weighted by Gasteiger charge is -2.10. The zero-order chi connectivity index (χ0) is 19.5. The van der Waals surface area contributed by atoms with Crippen LogP contribution in [0.3, 0.4) is 0 Å². The first kappa shape index (κ1) is 18.1. The molecule has 4 rings (SSSR count). The van der Waals surface area contributed by atoms with Gasteiger partial charge in [0.25, 0.3) is 5.69 Å². The predicted octanol–water partition coefficient (Wildman–Crippen LogP) is 4.36. The summed E-state index contributed by atoms with van der Waals surface area (Å²) in [7, 11) is 0. The number of hydrogen-bond donors (Lipinski definition) is 0. The second kappa shape index (κ2) is 7.73. The average Bonchev–Trinajstić information content (AvgIpc) is 3.11. The van der Waals surface area contributed by atoms with Gasteiger partial charge in [0.15, 0.2) is 11.0 Å². The number of fused-ring (bicyclic) bond motifs is 1. The Bertz CT molecular complexity index is 1150. The molecular weight excluding hydrogens is 376 g/mol. The summed E-state index contributed by atoms with van der Waals surface area (Å²) in [5.41, 5.74) is 0.987. The highest BCUT2D eigenvalue weighted by atomic mass is 32.2. The van der Waals surface area contributed by atoms with Gasteiger partial charge in [-0.1, -0.05) is 6.92 Å². The number of non-ortho nitro benzene ring substituents is 1. The van der Waals surface area contributed by atoms with Gasteiger partial charge in [-0.05, 0) is 42.4 Å². The second-order valence-corrected chi connectivity index (χ2v) is 7.07. The van der Waals surface area contributed by atoms with E-state index in [1.165, 1.54) is 24.0 Å². The fourth-order valence-corrected chi connectivity index (χ4v) is 3.99. The number of benzene rings is 1. The Morgan fingerprint density at radius 1 is 1.04 bits per heavy atom. The van der Waals surface area contributed by atoms with Crippen LogP contribution in [0.1, 0.15) is 13.3 Å². The molecule has 0 amide bonds. The smallest absolute Gasteiger partial charge is 0.278 e. The fraction of sp³-hybridized carbons (Fsp3) is 0.158. The minimum Gasteiger partial charge on any atom is -0.302 e. The minimum atomic E-state index is -0.389. The van der Waals surface area contributed by atoms with E-state index in [2.05, 4.69) is 31.7 Å². The molecule has 0 radical (unpaired) electrons. The van der Waals surface area contributed by atoms with Gasteiger partial charge in [-0.25, -0.2) is 0 Å². The van der Waals surface area contributed by atoms with Gasteiger partial charge in [-0.3, -0.25) is 20.1 Å². The third-order valence-electron chi connectivity index (χ3n) is 4.26. The Hall–Kier alpha value is -3.33. The second-order valence-electron chi connectivity index (χ2n) is 6.06. The van der Waals surface area contributed by atoms with Crippen molar-refractivity contribution in [2.24, 2.45) is 0 Å². The molecule has 9 heteroatoms. The molecule has 0 aliphatic carbocycles. The Labute approximate surface area is 164 Å². The van der Waals surface area contributed by atoms with Crippen LogP contribution < -0.4 is 0 Å². The maximum Gasteiger partial charge on any atom is 0.278 e. The van der Waals surface area contributed by atoms with Gasteiger partial charge in [-0.15, -0.1) is 10.2 Å². The third-order valence-corrected chi connectivity index (χ3v) is 5.32. The van der Waals surface area contributed by atoms with Crippen molar-refractivity contribution in [1.82, 2.24) is 24.7 Å². The monoisotopic (exact) mass is 392 g/mol.